The number of para-hydroxylation sites is 3. The van der Waals surface area contributed by atoms with Crippen LogP contribution in [0, 0.1) is 5.82 Å². The highest BCUT2D eigenvalue weighted by atomic mass is 32.1. The average molecular weight is 402 g/mol. The van der Waals surface area contributed by atoms with Gasteiger partial charge in [0.05, 0.1) is 16.8 Å². The summed E-state index contributed by atoms with van der Waals surface area (Å²) in [6.07, 6.45) is -1.37. The van der Waals surface area contributed by atoms with Gasteiger partial charge in [0.1, 0.15) is 11.9 Å². The molecule has 1 aliphatic rings. The number of carbonyl (C=O) groups excluding carboxylic acids is 1. The number of benzene rings is 2. The van der Waals surface area contributed by atoms with Crippen molar-refractivity contribution in [2.45, 2.75) is 25.7 Å². The van der Waals surface area contributed by atoms with Crippen molar-refractivity contribution in [1.82, 2.24) is 4.57 Å². The third-order valence-corrected chi connectivity index (χ3v) is 5.51. The first-order valence-electron chi connectivity index (χ1n) is 8.86. The Morgan fingerprint density at radius 1 is 1.21 bits per heavy atom. The van der Waals surface area contributed by atoms with Gasteiger partial charge in [-0.15, -0.1) is 0 Å². The smallest absolute Gasteiger partial charge is 0.293 e. The van der Waals surface area contributed by atoms with Gasteiger partial charge in [0.2, 0.25) is 6.10 Å². The van der Waals surface area contributed by atoms with Crippen LogP contribution in [0.2, 0.25) is 0 Å². The lowest BCUT2D eigenvalue weighted by molar-refractivity contribution is -0.130. The number of nitrogens with zero attached hydrogens (tertiary/aromatic N) is 2. The van der Waals surface area contributed by atoms with Crippen LogP contribution in [0.25, 0.3) is 10.2 Å². The molecule has 0 N–H and O–H groups in total. The van der Waals surface area contributed by atoms with E-state index in [4.69, 9.17) is 14.2 Å². The van der Waals surface area contributed by atoms with Gasteiger partial charge in [-0.05, 0) is 31.2 Å². The molecule has 2 atom stereocenters. The molecule has 0 bridgehead atoms. The van der Waals surface area contributed by atoms with Crippen LogP contribution in [-0.4, -0.2) is 36.4 Å². The van der Waals surface area contributed by atoms with Crippen LogP contribution in [0.5, 0.6) is 11.5 Å². The van der Waals surface area contributed by atoms with Crippen LogP contribution in [-0.2, 0) is 16.1 Å². The van der Waals surface area contributed by atoms with Crippen molar-refractivity contribution in [3.63, 3.8) is 0 Å². The number of carbonyl (C=O) groups is 1. The Kier molecular flexibility index (Phi) is 5.15. The highest BCUT2D eigenvalue weighted by molar-refractivity contribution is 7.16. The molecule has 2 heterocycles. The summed E-state index contributed by atoms with van der Waals surface area (Å²) in [5, 5.41) is 0. The zero-order valence-electron chi connectivity index (χ0n) is 15.4. The number of hydrogen-bond donors (Lipinski definition) is 0. The maximum atomic E-state index is 14.4. The Labute approximate surface area is 164 Å². The quantitative estimate of drug-likeness (QED) is 0.673. The van der Waals surface area contributed by atoms with Gasteiger partial charge >= 0.3 is 0 Å². The Bertz CT molecular complexity index is 1090. The van der Waals surface area contributed by atoms with Crippen molar-refractivity contribution in [3.05, 3.63) is 53.1 Å². The number of ether oxygens (including phenoxy) is 3. The molecule has 0 saturated heterocycles. The van der Waals surface area contributed by atoms with E-state index in [0.717, 1.165) is 0 Å². The Morgan fingerprint density at radius 3 is 2.71 bits per heavy atom. The molecule has 0 spiro atoms. The van der Waals surface area contributed by atoms with Crippen molar-refractivity contribution in [3.8, 4) is 11.5 Å². The van der Waals surface area contributed by atoms with E-state index in [9.17, 15) is 9.18 Å². The van der Waals surface area contributed by atoms with Gasteiger partial charge in [0.15, 0.2) is 16.3 Å². The number of fused-ring (bicyclic) bond motifs is 2. The number of aromatic nitrogens is 1. The van der Waals surface area contributed by atoms with Crippen LogP contribution in [0.4, 0.5) is 4.39 Å². The van der Waals surface area contributed by atoms with Crippen molar-refractivity contribution in [1.29, 1.82) is 0 Å². The molecular formula is C20H19FN2O4S. The van der Waals surface area contributed by atoms with Crippen molar-refractivity contribution >= 4 is 27.5 Å². The summed E-state index contributed by atoms with van der Waals surface area (Å²) in [5.41, 5.74) is 0.412. The molecule has 2 unspecified atom stereocenters. The van der Waals surface area contributed by atoms with Gasteiger partial charge in [-0.3, -0.25) is 4.79 Å². The molecule has 4 rings (SSSR count). The molecule has 146 valence electrons. The van der Waals surface area contributed by atoms with Crippen molar-refractivity contribution in [2.75, 3.05) is 13.7 Å². The molecule has 6 nitrogen and oxygen atoms in total. The number of rotatable bonds is 4. The number of halogens is 1. The Morgan fingerprint density at radius 2 is 1.96 bits per heavy atom. The first-order valence-corrected chi connectivity index (χ1v) is 9.68. The maximum Gasteiger partial charge on any atom is 0.293 e. The maximum absolute atomic E-state index is 14.4. The standard InChI is InChI=1S/C20H19FN2O4S/c1-12-18(27-15-8-4-3-7-14(15)26-12)19(24)22-20-23(10-11-25-2)17-13(21)6-5-9-16(17)28-20/h3-9,12,18H,10-11H2,1-2H3. The van der Waals surface area contributed by atoms with Crippen LogP contribution >= 0.6 is 11.3 Å². The van der Waals surface area contributed by atoms with Gasteiger partial charge in [-0.1, -0.05) is 29.5 Å². The third kappa shape index (κ3) is 3.41. The topological polar surface area (TPSA) is 62.1 Å². The largest absolute Gasteiger partial charge is 0.482 e. The van der Waals surface area contributed by atoms with E-state index >= 15 is 0 Å². The van der Waals surface area contributed by atoms with Crippen LogP contribution in [0.3, 0.4) is 0 Å². The molecule has 3 aromatic rings. The minimum absolute atomic E-state index is 0.363. The van der Waals surface area contributed by atoms with E-state index < -0.39 is 18.1 Å². The molecule has 1 amide bonds. The summed E-state index contributed by atoms with van der Waals surface area (Å²) in [7, 11) is 1.57. The molecule has 1 aromatic heterocycles. The highest BCUT2D eigenvalue weighted by Crippen LogP contribution is 2.33. The normalized spacial score (nSPS) is 19.2. The summed E-state index contributed by atoms with van der Waals surface area (Å²) in [5.74, 6) is 0.264. The van der Waals surface area contributed by atoms with E-state index in [0.29, 0.717) is 39.7 Å². The molecule has 2 aromatic carbocycles. The fourth-order valence-electron chi connectivity index (χ4n) is 3.11. The van der Waals surface area contributed by atoms with Crippen molar-refractivity contribution < 1.29 is 23.4 Å². The number of amides is 1. The molecular weight excluding hydrogens is 383 g/mol. The number of hydrogen-bond acceptors (Lipinski definition) is 5. The molecule has 0 saturated carbocycles. The zero-order valence-corrected chi connectivity index (χ0v) is 16.2. The predicted molar refractivity (Wildman–Crippen MR) is 103 cm³/mol. The van der Waals surface area contributed by atoms with Crippen LogP contribution in [0.15, 0.2) is 47.5 Å². The number of methoxy groups -OCH3 is 1. The Balaban J connectivity index is 1.73. The number of thiazole rings is 1. The SMILES string of the molecule is COCCn1c(=NC(=O)C2Oc3ccccc3OC2C)sc2cccc(F)c21. The lowest BCUT2D eigenvalue weighted by Crippen LogP contribution is -2.43. The van der Waals surface area contributed by atoms with Gasteiger partial charge in [-0.2, -0.15) is 4.99 Å². The highest BCUT2D eigenvalue weighted by Gasteiger charge is 2.34. The summed E-state index contributed by atoms with van der Waals surface area (Å²) in [6, 6.07) is 12.0. The Hall–Kier alpha value is -2.71. The van der Waals surface area contributed by atoms with E-state index in [1.165, 1.54) is 17.4 Å². The summed E-state index contributed by atoms with van der Waals surface area (Å²) in [4.78, 5) is 17.5. The average Bonchev–Trinajstić information content (AvgIpc) is 3.04. The van der Waals surface area contributed by atoms with E-state index in [1.54, 1.807) is 42.9 Å². The first-order chi connectivity index (χ1) is 13.6. The lowest BCUT2D eigenvalue weighted by Gasteiger charge is -2.29. The predicted octanol–water partition coefficient (Wildman–Crippen LogP) is 3.14. The van der Waals surface area contributed by atoms with Gasteiger partial charge in [0, 0.05) is 13.7 Å². The summed E-state index contributed by atoms with van der Waals surface area (Å²) < 4.78 is 33.5. The van der Waals surface area contributed by atoms with Crippen molar-refractivity contribution in [2.24, 2.45) is 4.99 Å². The molecule has 0 radical (unpaired) electrons. The first kappa shape index (κ1) is 18.6. The molecule has 0 aliphatic carbocycles. The van der Waals surface area contributed by atoms with E-state index in [1.807, 2.05) is 12.1 Å². The molecule has 8 heteroatoms. The van der Waals surface area contributed by atoms with Gasteiger partial charge in [0.25, 0.3) is 5.91 Å². The molecule has 1 aliphatic heterocycles. The fourth-order valence-corrected chi connectivity index (χ4v) is 4.19. The molecule has 0 fully saturated rings. The van der Waals surface area contributed by atoms with E-state index in [-0.39, 0.29) is 5.82 Å². The minimum atomic E-state index is -0.874. The van der Waals surface area contributed by atoms with E-state index in [2.05, 4.69) is 4.99 Å². The second-order valence-electron chi connectivity index (χ2n) is 6.37. The third-order valence-electron chi connectivity index (χ3n) is 4.46. The van der Waals surface area contributed by atoms with Crippen LogP contribution < -0.4 is 14.3 Å². The summed E-state index contributed by atoms with van der Waals surface area (Å²) >= 11 is 1.25. The lowest BCUT2D eigenvalue weighted by atomic mass is 10.1. The molecule has 28 heavy (non-hydrogen) atoms. The second kappa shape index (κ2) is 7.73. The fraction of sp³-hybridized carbons (Fsp3) is 0.300. The minimum Gasteiger partial charge on any atom is -0.482 e. The summed E-state index contributed by atoms with van der Waals surface area (Å²) in [6.45, 7) is 2.51. The van der Waals surface area contributed by atoms with Crippen LogP contribution in [0.1, 0.15) is 6.92 Å². The van der Waals surface area contributed by atoms with Gasteiger partial charge in [-0.25, -0.2) is 4.39 Å². The monoisotopic (exact) mass is 402 g/mol. The second-order valence-corrected chi connectivity index (χ2v) is 7.38. The zero-order chi connectivity index (χ0) is 19.7. The van der Waals surface area contributed by atoms with Gasteiger partial charge < -0.3 is 18.8 Å².